The molecule has 0 unspecified atom stereocenters. The molecule has 7 heteroatoms. The van der Waals surface area contributed by atoms with E-state index in [0.29, 0.717) is 16.8 Å². The van der Waals surface area contributed by atoms with E-state index in [1.54, 1.807) is 6.20 Å². The van der Waals surface area contributed by atoms with Crippen molar-refractivity contribution < 1.29 is 4.52 Å². The predicted molar refractivity (Wildman–Crippen MR) is 69.8 cm³/mol. The number of hydrogen-bond donors (Lipinski definition) is 0. The van der Waals surface area contributed by atoms with E-state index in [4.69, 9.17) is 16.1 Å². The maximum absolute atomic E-state index is 5.85. The summed E-state index contributed by atoms with van der Waals surface area (Å²) in [5.41, 5.74) is 0. The normalized spacial score (nSPS) is 18.0. The van der Waals surface area contributed by atoms with Crippen molar-refractivity contribution >= 4 is 11.6 Å². The molecule has 1 fully saturated rings. The second-order valence-corrected chi connectivity index (χ2v) is 5.35. The fraction of sp³-hybridized carbons (Fsp3) is 0.583. The van der Waals surface area contributed by atoms with Crippen LogP contribution in [-0.4, -0.2) is 37.9 Å². The van der Waals surface area contributed by atoms with Crippen molar-refractivity contribution in [2.75, 3.05) is 13.1 Å². The summed E-state index contributed by atoms with van der Waals surface area (Å²) in [6, 6.07) is 0. The fourth-order valence-electron chi connectivity index (χ4n) is 2.42. The number of rotatable bonds is 3. The molecule has 6 nitrogen and oxygen atoms in total. The van der Waals surface area contributed by atoms with Crippen LogP contribution in [0.3, 0.4) is 0 Å². The highest BCUT2D eigenvalue weighted by molar-refractivity contribution is 6.30. The largest absolute Gasteiger partial charge is 0.339 e. The third kappa shape index (κ3) is 2.96. The van der Waals surface area contributed by atoms with E-state index in [1.807, 2.05) is 17.8 Å². The lowest BCUT2D eigenvalue weighted by Crippen LogP contribution is -2.34. The van der Waals surface area contributed by atoms with E-state index in [9.17, 15) is 0 Å². The van der Waals surface area contributed by atoms with Crippen LogP contribution < -0.4 is 0 Å². The van der Waals surface area contributed by atoms with Gasteiger partial charge < -0.3 is 4.52 Å². The quantitative estimate of drug-likeness (QED) is 0.862. The number of piperidine rings is 1. The lowest BCUT2D eigenvalue weighted by molar-refractivity contribution is 0.151. The Morgan fingerprint density at radius 1 is 1.42 bits per heavy atom. The van der Waals surface area contributed by atoms with Gasteiger partial charge in [-0.05, 0) is 19.8 Å². The second kappa shape index (κ2) is 5.30. The van der Waals surface area contributed by atoms with Gasteiger partial charge in [0, 0.05) is 25.2 Å². The molecule has 1 aliphatic heterocycles. The van der Waals surface area contributed by atoms with Gasteiger partial charge in [-0.1, -0.05) is 16.8 Å². The Bertz CT molecular complexity index is 544. The van der Waals surface area contributed by atoms with Crippen LogP contribution >= 0.6 is 11.6 Å². The molecule has 0 spiro atoms. The first-order valence-electron chi connectivity index (χ1n) is 6.41. The average molecular weight is 282 g/mol. The topological polar surface area (TPSA) is 60.0 Å². The number of aromatic nitrogens is 4. The predicted octanol–water partition coefficient (Wildman–Crippen LogP) is 2.07. The molecule has 1 aliphatic rings. The molecule has 0 saturated carbocycles. The molecule has 102 valence electrons. The summed E-state index contributed by atoms with van der Waals surface area (Å²) < 4.78 is 7.11. The van der Waals surface area contributed by atoms with E-state index >= 15 is 0 Å². The molecule has 3 heterocycles. The van der Waals surface area contributed by atoms with Crippen molar-refractivity contribution in [1.82, 2.24) is 24.8 Å². The molecule has 1 saturated heterocycles. The van der Waals surface area contributed by atoms with E-state index in [2.05, 4.69) is 20.1 Å². The lowest BCUT2D eigenvalue weighted by Gasteiger charge is -2.29. The van der Waals surface area contributed by atoms with Gasteiger partial charge in [-0.25, -0.2) is 0 Å². The van der Waals surface area contributed by atoms with Crippen LogP contribution in [0.2, 0.25) is 5.02 Å². The molecule has 3 rings (SSSR count). The summed E-state index contributed by atoms with van der Waals surface area (Å²) in [4.78, 5) is 6.67. The smallest absolute Gasteiger partial charge is 0.229 e. The van der Waals surface area contributed by atoms with Crippen LogP contribution in [0.4, 0.5) is 0 Å². The number of hydrogen-bond acceptors (Lipinski definition) is 5. The van der Waals surface area contributed by atoms with Gasteiger partial charge in [0.1, 0.15) is 0 Å². The Labute approximate surface area is 116 Å². The Hall–Kier alpha value is -1.40. The minimum Gasteiger partial charge on any atom is -0.339 e. The Morgan fingerprint density at radius 3 is 2.79 bits per heavy atom. The second-order valence-electron chi connectivity index (χ2n) is 4.91. The number of halogens is 1. The molecular weight excluding hydrogens is 266 g/mol. The Kier molecular flexibility index (Phi) is 3.52. The van der Waals surface area contributed by atoms with Gasteiger partial charge >= 0.3 is 0 Å². The summed E-state index contributed by atoms with van der Waals surface area (Å²) in [5.74, 6) is 1.88. The first-order chi connectivity index (χ1) is 9.20. The molecule has 2 aromatic heterocycles. The van der Waals surface area contributed by atoms with E-state index in [1.165, 1.54) is 0 Å². The third-order valence-corrected chi connectivity index (χ3v) is 3.62. The van der Waals surface area contributed by atoms with E-state index in [0.717, 1.165) is 38.5 Å². The van der Waals surface area contributed by atoms with Gasteiger partial charge in [0.15, 0.2) is 5.82 Å². The van der Waals surface area contributed by atoms with Crippen molar-refractivity contribution in [3.63, 3.8) is 0 Å². The zero-order chi connectivity index (χ0) is 13.2. The SMILES string of the molecule is Cc1noc(C2CCN(Cn3cc(Cl)cn3)CC2)n1. The number of aryl methyl sites for hydroxylation is 1. The molecule has 19 heavy (non-hydrogen) atoms. The van der Waals surface area contributed by atoms with Crippen LogP contribution in [0.15, 0.2) is 16.9 Å². The molecular formula is C12H16ClN5O. The van der Waals surface area contributed by atoms with Crippen molar-refractivity contribution in [1.29, 1.82) is 0 Å². The molecule has 0 atom stereocenters. The summed E-state index contributed by atoms with van der Waals surface area (Å²) in [7, 11) is 0. The van der Waals surface area contributed by atoms with Crippen molar-refractivity contribution in [3.05, 3.63) is 29.1 Å². The van der Waals surface area contributed by atoms with Gasteiger partial charge in [-0.2, -0.15) is 10.1 Å². The standard InChI is InChI=1S/C12H16ClN5O/c1-9-15-12(19-16-9)10-2-4-17(5-3-10)8-18-7-11(13)6-14-18/h6-7,10H,2-5,8H2,1H3. The number of likely N-dealkylation sites (tertiary alicyclic amines) is 1. The molecule has 0 aromatic carbocycles. The summed E-state index contributed by atoms with van der Waals surface area (Å²) in [5, 5.41) is 8.72. The van der Waals surface area contributed by atoms with Gasteiger partial charge in [0.05, 0.1) is 17.9 Å². The molecule has 0 radical (unpaired) electrons. The third-order valence-electron chi connectivity index (χ3n) is 3.43. The molecule has 0 N–H and O–H groups in total. The fourth-order valence-corrected chi connectivity index (χ4v) is 2.58. The zero-order valence-electron chi connectivity index (χ0n) is 10.8. The zero-order valence-corrected chi connectivity index (χ0v) is 11.5. The van der Waals surface area contributed by atoms with E-state index < -0.39 is 0 Å². The van der Waals surface area contributed by atoms with Crippen molar-refractivity contribution in [2.45, 2.75) is 32.4 Å². The van der Waals surface area contributed by atoms with Crippen molar-refractivity contribution in [3.8, 4) is 0 Å². The summed E-state index contributed by atoms with van der Waals surface area (Å²) in [6.45, 7) is 4.64. The van der Waals surface area contributed by atoms with Gasteiger partial charge in [-0.3, -0.25) is 9.58 Å². The van der Waals surface area contributed by atoms with Crippen molar-refractivity contribution in [2.24, 2.45) is 0 Å². The van der Waals surface area contributed by atoms with Crippen LogP contribution in [0.25, 0.3) is 0 Å². The van der Waals surface area contributed by atoms with Gasteiger partial charge in [0.2, 0.25) is 5.89 Å². The van der Waals surface area contributed by atoms with Crippen LogP contribution in [0.1, 0.15) is 30.5 Å². The van der Waals surface area contributed by atoms with E-state index in [-0.39, 0.29) is 0 Å². The molecule has 0 amide bonds. The first-order valence-corrected chi connectivity index (χ1v) is 6.79. The highest BCUT2D eigenvalue weighted by atomic mass is 35.5. The monoisotopic (exact) mass is 281 g/mol. The lowest BCUT2D eigenvalue weighted by atomic mass is 9.97. The first kappa shape index (κ1) is 12.6. The molecule has 0 aliphatic carbocycles. The van der Waals surface area contributed by atoms with Gasteiger partial charge in [-0.15, -0.1) is 0 Å². The maximum Gasteiger partial charge on any atom is 0.229 e. The highest BCUT2D eigenvalue weighted by Crippen LogP contribution is 2.26. The molecule has 2 aromatic rings. The minimum absolute atomic E-state index is 0.388. The van der Waals surface area contributed by atoms with Crippen LogP contribution in [-0.2, 0) is 6.67 Å². The highest BCUT2D eigenvalue weighted by Gasteiger charge is 2.24. The Balaban J connectivity index is 1.54. The van der Waals surface area contributed by atoms with Crippen LogP contribution in [0, 0.1) is 6.92 Å². The average Bonchev–Trinajstić information content (AvgIpc) is 3.00. The van der Waals surface area contributed by atoms with Gasteiger partial charge in [0.25, 0.3) is 0 Å². The Morgan fingerprint density at radius 2 is 2.21 bits per heavy atom. The minimum atomic E-state index is 0.388. The molecule has 0 bridgehead atoms. The maximum atomic E-state index is 5.85. The van der Waals surface area contributed by atoms with Crippen LogP contribution in [0.5, 0.6) is 0 Å². The summed E-state index contributed by atoms with van der Waals surface area (Å²) in [6.07, 6.45) is 5.58. The number of nitrogens with zero attached hydrogens (tertiary/aromatic N) is 5. The summed E-state index contributed by atoms with van der Waals surface area (Å²) >= 11 is 5.85.